The van der Waals surface area contributed by atoms with E-state index < -0.39 is 18.2 Å². The van der Waals surface area contributed by atoms with Gasteiger partial charge in [-0.2, -0.15) is 0 Å². The molecule has 0 aliphatic heterocycles. The van der Waals surface area contributed by atoms with Gasteiger partial charge in [-0.1, -0.05) is 216 Å². The number of aliphatic hydroxyl groups excluding tert-OH is 2. The Bertz CT molecular complexity index is 1110. The first-order valence-corrected chi connectivity index (χ1v) is 24.7. The van der Waals surface area contributed by atoms with E-state index in [2.05, 4.69) is 56.5 Å². The lowest BCUT2D eigenvalue weighted by Gasteiger charge is -2.24. The van der Waals surface area contributed by atoms with Gasteiger partial charge in [0.15, 0.2) is 0 Å². The first-order chi connectivity index (χ1) is 29.0. The van der Waals surface area contributed by atoms with Crippen LogP contribution in [0.1, 0.15) is 226 Å². The van der Waals surface area contributed by atoms with Crippen molar-refractivity contribution in [3.05, 3.63) is 72.9 Å². The molecular weight excluding hydrogens is 731 g/mol. The number of carbonyl (C=O) groups excluding carboxylic acids is 2. The van der Waals surface area contributed by atoms with E-state index in [0.29, 0.717) is 19.3 Å². The Kier molecular flexibility index (Phi) is 44.2. The third-order valence-corrected chi connectivity index (χ3v) is 10.9. The summed E-state index contributed by atoms with van der Waals surface area (Å²) in [6.45, 7) is 6.30. The van der Waals surface area contributed by atoms with E-state index >= 15 is 0 Å². The van der Waals surface area contributed by atoms with Gasteiger partial charge in [0.05, 0.1) is 25.2 Å². The van der Waals surface area contributed by atoms with Crippen LogP contribution in [0.5, 0.6) is 0 Å². The van der Waals surface area contributed by atoms with Crippen molar-refractivity contribution < 1.29 is 24.5 Å². The maximum atomic E-state index is 13.2. The highest BCUT2D eigenvalue weighted by molar-refractivity contribution is 5.77. The predicted octanol–water partition coefficient (Wildman–Crippen LogP) is 14.6. The van der Waals surface area contributed by atoms with Crippen molar-refractivity contribution >= 4 is 11.9 Å². The molecule has 0 aromatic heterocycles. The molecule has 0 bridgehead atoms. The fourth-order valence-electron chi connectivity index (χ4n) is 7.15. The average Bonchev–Trinajstić information content (AvgIpc) is 3.23. The van der Waals surface area contributed by atoms with Crippen LogP contribution in [0.15, 0.2) is 72.9 Å². The summed E-state index contributed by atoms with van der Waals surface area (Å²) in [7, 11) is 0. The number of unbranched alkanes of at least 4 members (excludes halogenated alkanes) is 23. The van der Waals surface area contributed by atoms with Crippen molar-refractivity contribution in [3.8, 4) is 0 Å². The monoisotopic (exact) mass is 824 g/mol. The largest absolute Gasteiger partial charge is 0.462 e. The number of aliphatic hydroxyl groups is 2. The lowest BCUT2D eigenvalue weighted by atomic mass is 10.0. The Morgan fingerprint density at radius 2 is 0.932 bits per heavy atom. The number of carbonyl (C=O) groups is 2. The maximum absolute atomic E-state index is 13.2. The number of hydrogen-bond acceptors (Lipinski definition) is 5. The first-order valence-electron chi connectivity index (χ1n) is 24.7. The van der Waals surface area contributed by atoms with Crippen LogP contribution >= 0.6 is 0 Å². The van der Waals surface area contributed by atoms with Gasteiger partial charge in [-0.15, -0.1) is 0 Å². The quantitative estimate of drug-likeness (QED) is 0.0246. The van der Waals surface area contributed by atoms with Crippen LogP contribution < -0.4 is 5.32 Å². The van der Waals surface area contributed by atoms with E-state index in [9.17, 15) is 19.8 Å². The van der Waals surface area contributed by atoms with Crippen LogP contribution in [0.25, 0.3) is 0 Å². The van der Waals surface area contributed by atoms with Gasteiger partial charge in [-0.3, -0.25) is 9.59 Å². The number of allylic oxidation sites excluding steroid dienone is 12. The molecule has 3 atom stereocenters. The van der Waals surface area contributed by atoms with Crippen LogP contribution in [0, 0.1) is 0 Å². The second kappa shape index (κ2) is 46.4. The molecule has 340 valence electrons. The molecule has 0 aromatic rings. The lowest BCUT2D eigenvalue weighted by molar-refractivity contribution is -0.151. The van der Waals surface area contributed by atoms with Crippen molar-refractivity contribution in [1.82, 2.24) is 5.32 Å². The average molecular weight is 824 g/mol. The zero-order valence-corrected chi connectivity index (χ0v) is 38.6. The van der Waals surface area contributed by atoms with Crippen LogP contribution in [-0.4, -0.2) is 46.9 Å². The second-order valence-electron chi connectivity index (χ2n) is 16.6. The minimum Gasteiger partial charge on any atom is -0.462 e. The second-order valence-corrected chi connectivity index (χ2v) is 16.6. The molecule has 3 unspecified atom stereocenters. The van der Waals surface area contributed by atoms with Crippen molar-refractivity contribution in [2.75, 3.05) is 6.61 Å². The zero-order chi connectivity index (χ0) is 43.1. The van der Waals surface area contributed by atoms with E-state index in [1.807, 2.05) is 42.5 Å². The van der Waals surface area contributed by atoms with Gasteiger partial charge in [0.1, 0.15) is 6.10 Å². The maximum Gasteiger partial charge on any atom is 0.306 e. The number of rotatable bonds is 43. The fourth-order valence-corrected chi connectivity index (χ4v) is 7.15. The molecule has 0 fully saturated rings. The summed E-state index contributed by atoms with van der Waals surface area (Å²) in [5.41, 5.74) is 0. The van der Waals surface area contributed by atoms with Crippen molar-refractivity contribution in [2.45, 2.75) is 244 Å². The predicted molar refractivity (Wildman–Crippen MR) is 255 cm³/mol. The Morgan fingerprint density at radius 3 is 1.46 bits per heavy atom. The van der Waals surface area contributed by atoms with E-state index in [1.54, 1.807) is 0 Å². The molecule has 6 heteroatoms. The molecule has 59 heavy (non-hydrogen) atoms. The van der Waals surface area contributed by atoms with Crippen molar-refractivity contribution in [3.63, 3.8) is 0 Å². The first kappa shape index (κ1) is 56.3. The molecule has 0 aliphatic carbocycles. The van der Waals surface area contributed by atoms with Gasteiger partial charge in [-0.05, 0) is 70.6 Å². The minimum absolute atomic E-state index is 0.0470. The van der Waals surface area contributed by atoms with Gasteiger partial charge in [0.2, 0.25) is 5.91 Å². The number of amides is 1. The Balaban J connectivity index is 4.70. The van der Waals surface area contributed by atoms with E-state index in [4.69, 9.17) is 4.74 Å². The highest BCUT2D eigenvalue weighted by Gasteiger charge is 2.24. The molecular formula is C53H93NO5. The molecule has 0 spiro atoms. The summed E-state index contributed by atoms with van der Waals surface area (Å²) in [5.74, 6) is -0.542. The smallest absolute Gasteiger partial charge is 0.306 e. The molecule has 0 saturated heterocycles. The van der Waals surface area contributed by atoms with Crippen molar-refractivity contribution in [1.29, 1.82) is 0 Å². The summed E-state index contributed by atoms with van der Waals surface area (Å²) in [6, 6.07) is -0.716. The topological polar surface area (TPSA) is 95.9 Å². The zero-order valence-electron chi connectivity index (χ0n) is 38.6. The molecule has 0 saturated carbocycles. The summed E-state index contributed by atoms with van der Waals surface area (Å²) in [4.78, 5) is 26.1. The van der Waals surface area contributed by atoms with E-state index in [1.165, 1.54) is 96.3 Å². The van der Waals surface area contributed by atoms with E-state index in [0.717, 1.165) is 83.5 Å². The lowest BCUT2D eigenvalue weighted by Crippen LogP contribution is -2.46. The van der Waals surface area contributed by atoms with Gasteiger partial charge in [0, 0.05) is 6.42 Å². The van der Waals surface area contributed by atoms with Crippen molar-refractivity contribution in [2.24, 2.45) is 0 Å². The van der Waals surface area contributed by atoms with Crippen LogP contribution in [0.4, 0.5) is 0 Å². The number of esters is 1. The molecule has 3 N–H and O–H groups in total. The normalized spacial score (nSPS) is 13.9. The van der Waals surface area contributed by atoms with Crippen LogP contribution in [0.2, 0.25) is 0 Å². The van der Waals surface area contributed by atoms with E-state index in [-0.39, 0.29) is 24.9 Å². The molecule has 1 amide bonds. The third kappa shape index (κ3) is 41.8. The molecule has 0 aliphatic rings. The molecule has 0 rings (SSSR count). The highest BCUT2D eigenvalue weighted by Crippen LogP contribution is 2.17. The summed E-state index contributed by atoms with van der Waals surface area (Å²) in [5, 5.41) is 23.6. The van der Waals surface area contributed by atoms with Gasteiger partial charge in [-0.25, -0.2) is 0 Å². The number of ether oxygens (including phenoxy) is 1. The summed E-state index contributed by atoms with van der Waals surface area (Å²) in [6.07, 6.45) is 58.2. The van der Waals surface area contributed by atoms with Gasteiger partial charge in [0.25, 0.3) is 0 Å². The number of hydrogen-bond donors (Lipinski definition) is 3. The van der Waals surface area contributed by atoms with Crippen LogP contribution in [0.3, 0.4) is 0 Å². The molecule has 0 heterocycles. The SMILES string of the molecule is CC/C=C/C=C/C=C\C=C/C=C/CCCCCC(=O)OC(CCCCC/C=C/CCCCCCCCCCC)CC(=O)NC(CO)C(O)CCCCCCCCCCC. The van der Waals surface area contributed by atoms with Crippen LogP contribution in [-0.2, 0) is 14.3 Å². The highest BCUT2D eigenvalue weighted by atomic mass is 16.5. The standard InChI is InChI=1S/C53H93NO5/c1-4-7-10-13-16-19-21-23-25-27-28-30-33-35-38-41-44-49(47-52(57)54-50(48-55)51(56)45-42-39-36-32-18-15-12-9-6-3)59-53(58)46-43-40-37-34-31-29-26-24-22-20-17-14-11-8-5-2/h8,11,14,17,20,22,24,26,28-31,49-51,55-56H,4-7,9-10,12-13,15-16,18-19,21,23,25,27,32-48H2,1-3H3,(H,54,57)/b11-8+,17-14+,22-20-,26-24-,30-28+,31-29+. The number of nitrogens with one attached hydrogen (secondary N) is 1. The fraction of sp³-hybridized carbons (Fsp3) is 0.736. The molecule has 0 radical (unpaired) electrons. The summed E-state index contributed by atoms with van der Waals surface area (Å²) >= 11 is 0. The Hall–Kier alpha value is -2.70. The Labute approximate surface area is 364 Å². The minimum atomic E-state index is -0.800. The molecule has 6 nitrogen and oxygen atoms in total. The van der Waals surface area contributed by atoms with Gasteiger partial charge >= 0.3 is 5.97 Å². The Morgan fingerprint density at radius 1 is 0.508 bits per heavy atom. The molecule has 0 aromatic carbocycles. The third-order valence-electron chi connectivity index (χ3n) is 10.9. The van der Waals surface area contributed by atoms with Gasteiger partial charge < -0.3 is 20.3 Å². The summed E-state index contributed by atoms with van der Waals surface area (Å²) < 4.78 is 5.90.